The van der Waals surface area contributed by atoms with Crippen LogP contribution in [0.15, 0.2) is 59.4 Å². The number of anilines is 1. The molecule has 0 aliphatic rings. The van der Waals surface area contributed by atoms with Crippen LogP contribution in [-0.2, 0) is 6.54 Å². The lowest BCUT2D eigenvalue weighted by atomic mass is 10.1. The number of fused-ring (bicyclic) bond motifs is 3. The Morgan fingerprint density at radius 1 is 0.811 bits per heavy atom. The van der Waals surface area contributed by atoms with Gasteiger partial charge in [0.15, 0.2) is 0 Å². The quantitative estimate of drug-likeness (QED) is 0.355. The summed E-state index contributed by atoms with van der Waals surface area (Å²) in [5.41, 5.74) is 10.0. The van der Waals surface area contributed by atoms with E-state index in [-0.39, 0.29) is 11.4 Å². The minimum atomic E-state index is -0.266. The van der Waals surface area contributed by atoms with Gasteiger partial charge in [0.25, 0.3) is 5.56 Å². The molecule has 37 heavy (non-hydrogen) atoms. The van der Waals surface area contributed by atoms with Crippen LogP contribution in [0.25, 0.3) is 27.5 Å². The van der Waals surface area contributed by atoms with Gasteiger partial charge >= 0.3 is 0 Å². The summed E-state index contributed by atoms with van der Waals surface area (Å²) >= 11 is 0. The van der Waals surface area contributed by atoms with E-state index < -0.39 is 0 Å². The van der Waals surface area contributed by atoms with E-state index in [2.05, 4.69) is 0 Å². The van der Waals surface area contributed by atoms with Crippen LogP contribution in [0.4, 0.5) is 5.82 Å². The van der Waals surface area contributed by atoms with Crippen molar-refractivity contribution in [1.29, 1.82) is 0 Å². The van der Waals surface area contributed by atoms with Crippen molar-refractivity contribution in [2.24, 2.45) is 0 Å². The Hall–Kier alpha value is -4.66. The molecular formula is C28H28N4O5. The van der Waals surface area contributed by atoms with Crippen LogP contribution in [0.1, 0.15) is 11.1 Å². The predicted molar refractivity (Wildman–Crippen MR) is 144 cm³/mol. The Bertz CT molecular complexity index is 1690. The summed E-state index contributed by atoms with van der Waals surface area (Å²) in [6, 6.07) is 16.8. The molecule has 0 saturated carbocycles. The summed E-state index contributed by atoms with van der Waals surface area (Å²) < 4.78 is 25.2. The molecule has 2 N–H and O–H groups in total. The molecule has 0 aliphatic carbocycles. The van der Waals surface area contributed by atoms with E-state index in [1.165, 1.54) is 0 Å². The molecule has 5 rings (SSSR count). The molecule has 0 amide bonds. The van der Waals surface area contributed by atoms with E-state index in [4.69, 9.17) is 29.8 Å². The third-order valence-corrected chi connectivity index (χ3v) is 6.56. The maximum atomic E-state index is 14.0. The lowest BCUT2D eigenvalue weighted by Crippen LogP contribution is -2.22. The highest BCUT2D eigenvalue weighted by Crippen LogP contribution is 2.37. The highest BCUT2D eigenvalue weighted by Gasteiger charge is 2.23. The van der Waals surface area contributed by atoms with E-state index in [1.807, 2.05) is 55.5 Å². The average molecular weight is 501 g/mol. The number of aromatic nitrogens is 3. The van der Waals surface area contributed by atoms with Gasteiger partial charge in [-0.1, -0.05) is 18.2 Å². The van der Waals surface area contributed by atoms with Gasteiger partial charge in [0, 0.05) is 18.2 Å². The number of pyridine rings is 1. The van der Waals surface area contributed by atoms with Gasteiger partial charge in [-0.05, 0) is 36.2 Å². The van der Waals surface area contributed by atoms with Crippen LogP contribution < -0.4 is 30.2 Å². The van der Waals surface area contributed by atoms with Crippen molar-refractivity contribution < 1.29 is 18.9 Å². The Morgan fingerprint density at radius 3 is 2.14 bits per heavy atom. The van der Waals surface area contributed by atoms with Gasteiger partial charge in [0.2, 0.25) is 0 Å². The van der Waals surface area contributed by atoms with Gasteiger partial charge < -0.3 is 29.2 Å². The molecule has 3 aromatic carbocycles. The van der Waals surface area contributed by atoms with Crippen molar-refractivity contribution >= 4 is 27.6 Å². The molecule has 190 valence electrons. The van der Waals surface area contributed by atoms with Gasteiger partial charge in [-0.3, -0.25) is 4.79 Å². The number of benzene rings is 3. The van der Waals surface area contributed by atoms with Crippen LogP contribution >= 0.6 is 0 Å². The van der Waals surface area contributed by atoms with Gasteiger partial charge in [0.1, 0.15) is 39.7 Å². The number of nitrogen functional groups attached to an aromatic ring is 1. The highest BCUT2D eigenvalue weighted by molar-refractivity contribution is 6.10. The third-order valence-electron chi connectivity index (χ3n) is 6.56. The largest absolute Gasteiger partial charge is 0.497 e. The fourth-order valence-corrected chi connectivity index (χ4v) is 4.57. The SMILES string of the molecule is COc1ccc(Cn2c(=O)c3c(N)n(-c4cc(OC)ccc4C)nc3c3c(OC)cc(OC)cc32)cc1. The summed E-state index contributed by atoms with van der Waals surface area (Å²) in [5.74, 6) is 2.71. The zero-order chi connectivity index (χ0) is 26.3. The smallest absolute Gasteiger partial charge is 0.264 e. The molecule has 0 fully saturated rings. The van der Waals surface area contributed by atoms with E-state index in [9.17, 15) is 4.79 Å². The maximum Gasteiger partial charge on any atom is 0.264 e. The predicted octanol–water partition coefficient (Wildman–Crippen LogP) is 4.31. The number of rotatable bonds is 7. The number of aryl methyl sites for hydroxylation is 1. The minimum absolute atomic E-state index is 0.236. The van der Waals surface area contributed by atoms with E-state index in [0.717, 1.165) is 22.6 Å². The fourth-order valence-electron chi connectivity index (χ4n) is 4.57. The van der Waals surface area contributed by atoms with E-state index in [0.29, 0.717) is 45.6 Å². The Morgan fingerprint density at radius 2 is 1.49 bits per heavy atom. The van der Waals surface area contributed by atoms with Gasteiger partial charge in [-0.2, -0.15) is 5.10 Å². The van der Waals surface area contributed by atoms with Crippen LogP contribution in [0.3, 0.4) is 0 Å². The summed E-state index contributed by atoms with van der Waals surface area (Å²) in [4.78, 5) is 14.0. The highest BCUT2D eigenvalue weighted by atomic mass is 16.5. The molecule has 0 saturated heterocycles. The van der Waals surface area contributed by atoms with Crippen molar-refractivity contribution in [3.8, 4) is 28.7 Å². The molecule has 2 heterocycles. The molecule has 5 aromatic rings. The average Bonchev–Trinajstić information content (AvgIpc) is 3.27. The van der Waals surface area contributed by atoms with Gasteiger partial charge in [0.05, 0.1) is 51.6 Å². The number of nitrogens with zero attached hydrogens (tertiary/aromatic N) is 3. The zero-order valence-corrected chi connectivity index (χ0v) is 21.4. The molecule has 9 heteroatoms. The van der Waals surface area contributed by atoms with Gasteiger partial charge in [-0.25, -0.2) is 4.68 Å². The number of hydrogen-bond acceptors (Lipinski definition) is 7. The molecule has 0 aliphatic heterocycles. The lowest BCUT2D eigenvalue weighted by molar-refractivity contribution is 0.397. The van der Waals surface area contributed by atoms with Crippen LogP contribution in [0, 0.1) is 6.92 Å². The lowest BCUT2D eigenvalue weighted by Gasteiger charge is -2.15. The topological polar surface area (TPSA) is 103 Å². The van der Waals surface area contributed by atoms with Crippen molar-refractivity contribution in [3.05, 3.63) is 76.1 Å². The Balaban J connectivity index is 1.86. The van der Waals surface area contributed by atoms with E-state index in [1.54, 1.807) is 43.8 Å². The first-order chi connectivity index (χ1) is 17.9. The standard InChI is InChI=1S/C28H28N4O5/c1-16-6-9-19(35-3)12-21(16)32-27(29)25-26(30-32)24-22(13-20(36-4)14-23(24)37-5)31(28(25)33)15-17-7-10-18(34-2)11-8-17/h6-14H,15,29H2,1-5H3. The van der Waals surface area contributed by atoms with Crippen molar-refractivity contribution in [2.75, 3.05) is 34.2 Å². The van der Waals surface area contributed by atoms with Crippen LogP contribution in [-0.4, -0.2) is 42.8 Å². The van der Waals surface area contributed by atoms with E-state index >= 15 is 0 Å². The normalized spacial score (nSPS) is 11.2. The van der Waals surface area contributed by atoms with Crippen molar-refractivity contribution in [1.82, 2.24) is 14.3 Å². The molecule has 0 atom stereocenters. The Labute approximate surface area is 213 Å². The molecular weight excluding hydrogens is 472 g/mol. The monoisotopic (exact) mass is 500 g/mol. The summed E-state index contributed by atoms with van der Waals surface area (Å²) in [6.45, 7) is 2.25. The molecule has 2 aromatic heterocycles. The molecule has 0 radical (unpaired) electrons. The second kappa shape index (κ2) is 9.42. The molecule has 0 bridgehead atoms. The van der Waals surface area contributed by atoms with Crippen molar-refractivity contribution in [3.63, 3.8) is 0 Å². The first-order valence-corrected chi connectivity index (χ1v) is 11.6. The molecule has 9 nitrogen and oxygen atoms in total. The zero-order valence-electron chi connectivity index (χ0n) is 21.4. The second-order valence-corrected chi connectivity index (χ2v) is 8.64. The summed E-state index contributed by atoms with van der Waals surface area (Å²) in [5, 5.41) is 5.80. The first-order valence-electron chi connectivity index (χ1n) is 11.6. The van der Waals surface area contributed by atoms with Crippen LogP contribution in [0.2, 0.25) is 0 Å². The fraction of sp³-hybridized carbons (Fsp3) is 0.214. The summed E-state index contributed by atoms with van der Waals surface area (Å²) in [7, 11) is 6.36. The Kier molecular flexibility index (Phi) is 6.12. The van der Waals surface area contributed by atoms with Crippen LogP contribution in [0.5, 0.6) is 23.0 Å². The number of ether oxygens (including phenoxy) is 4. The van der Waals surface area contributed by atoms with Crippen molar-refractivity contribution in [2.45, 2.75) is 13.5 Å². The molecule has 0 unspecified atom stereocenters. The molecule has 0 spiro atoms. The third kappa shape index (κ3) is 3.98. The number of nitrogens with two attached hydrogens (primary N) is 1. The number of methoxy groups -OCH3 is 4. The second-order valence-electron chi connectivity index (χ2n) is 8.64. The summed E-state index contributed by atoms with van der Waals surface area (Å²) in [6.07, 6.45) is 0. The minimum Gasteiger partial charge on any atom is -0.497 e. The number of hydrogen-bond donors (Lipinski definition) is 1. The van der Waals surface area contributed by atoms with Gasteiger partial charge in [-0.15, -0.1) is 0 Å². The first kappa shape index (κ1) is 24.1. The maximum absolute atomic E-state index is 14.0.